The van der Waals surface area contributed by atoms with Gasteiger partial charge in [-0.05, 0) is 35.8 Å². The molecule has 0 radical (unpaired) electrons. The Morgan fingerprint density at radius 1 is 1.24 bits per heavy atom. The molecular weight excluding hydrogens is 264 g/mol. The summed E-state index contributed by atoms with van der Waals surface area (Å²) in [6.45, 7) is 6.94. The van der Waals surface area contributed by atoms with Crippen molar-refractivity contribution in [3.8, 4) is 0 Å². The zero-order valence-electron chi connectivity index (χ0n) is 12.9. The summed E-state index contributed by atoms with van der Waals surface area (Å²) in [4.78, 5) is 12.3. The van der Waals surface area contributed by atoms with Crippen molar-refractivity contribution < 1.29 is 13.9 Å². The van der Waals surface area contributed by atoms with Gasteiger partial charge in [-0.1, -0.05) is 38.8 Å². The molecular formula is C18H22O3. The smallest absolute Gasteiger partial charge is 0.314 e. The molecule has 0 amide bonds. The zero-order chi connectivity index (χ0) is 14.8. The van der Waals surface area contributed by atoms with E-state index >= 15 is 0 Å². The molecule has 0 aromatic carbocycles. The third-order valence-corrected chi connectivity index (χ3v) is 5.98. The van der Waals surface area contributed by atoms with Gasteiger partial charge in [0.25, 0.3) is 0 Å². The van der Waals surface area contributed by atoms with Crippen LogP contribution >= 0.6 is 0 Å². The predicted molar refractivity (Wildman–Crippen MR) is 78.3 cm³/mol. The molecule has 0 unspecified atom stereocenters. The number of fused-ring (bicyclic) bond motifs is 3. The highest BCUT2D eigenvalue weighted by Gasteiger charge is 2.61. The van der Waals surface area contributed by atoms with Gasteiger partial charge in [-0.3, -0.25) is 4.79 Å². The van der Waals surface area contributed by atoms with Crippen molar-refractivity contribution in [3.05, 3.63) is 35.8 Å². The first-order chi connectivity index (χ1) is 9.93. The fraction of sp³-hybridized carbons (Fsp3) is 0.611. The van der Waals surface area contributed by atoms with Crippen LogP contribution in [0.15, 0.2) is 34.5 Å². The van der Waals surface area contributed by atoms with E-state index in [4.69, 9.17) is 9.15 Å². The standard InChI is InChI=1S/C18H22O3/c1-17(2)7-5-8-18(3)13(17)10-11-14(18)15(21-16(11)19)12-6-4-9-20-12/h4,6,9-11,14-15H,5,7-8H2,1-3H3/t11-,14+,15-,18+/m1/s1. The molecule has 2 heterocycles. The quantitative estimate of drug-likeness (QED) is 0.572. The first kappa shape index (κ1) is 13.2. The normalized spacial score (nSPS) is 40.4. The Balaban J connectivity index is 1.81. The second-order valence-corrected chi connectivity index (χ2v) is 7.66. The third-order valence-electron chi connectivity index (χ3n) is 5.98. The molecule has 0 N–H and O–H groups in total. The summed E-state index contributed by atoms with van der Waals surface area (Å²) in [7, 11) is 0. The number of hydrogen-bond acceptors (Lipinski definition) is 3. The van der Waals surface area contributed by atoms with Crippen LogP contribution in [0.5, 0.6) is 0 Å². The van der Waals surface area contributed by atoms with Gasteiger partial charge >= 0.3 is 5.97 Å². The summed E-state index contributed by atoms with van der Waals surface area (Å²) in [6.07, 6.45) is 7.20. The van der Waals surface area contributed by atoms with Gasteiger partial charge in [-0.15, -0.1) is 0 Å². The van der Waals surface area contributed by atoms with Gasteiger partial charge in [0.2, 0.25) is 0 Å². The molecule has 21 heavy (non-hydrogen) atoms. The van der Waals surface area contributed by atoms with Crippen LogP contribution in [-0.4, -0.2) is 5.97 Å². The Labute approximate surface area is 125 Å². The molecule has 0 bridgehead atoms. The van der Waals surface area contributed by atoms with Crippen LogP contribution < -0.4 is 0 Å². The van der Waals surface area contributed by atoms with E-state index in [9.17, 15) is 4.79 Å². The highest BCUT2D eigenvalue weighted by molar-refractivity contribution is 5.79. The number of carbonyl (C=O) groups excluding carboxylic acids is 1. The molecule has 0 spiro atoms. The fourth-order valence-electron chi connectivity index (χ4n) is 5.08. The van der Waals surface area contributed by atoms with Gasteiger partial charge < -0.3 is 9.15 Å². The fourth-order valence-corrected chi connectivity index (χ4v) is 5.08. The monoisotopic (exact) mass is 286 g/mol. The molecule has 4 atom stereocenters. The number of hydrogen-bond donors (Lipinski definition) is 0. The number of esters is 1. The Morgan fingerprint density at radius 2 is 2.05 bits per heavy atom. The predicted octanol–water partition coefficient (Wildman–Crippen LogP) is 4.27. The van der Waals surface area contributed by atoms with Crippen LogP contribution in [0.1, 0.15) is 51.9 Å². The van der Waals surface area contributed by atoms with E-state index in [0.29, 0.717) is 0 Å². The molecule has 112 valence electrons. The van der Waals surface area contributed by atoms with Gasteiger partial charge in [0.05, 0.1) is 12.2 Å². The van der Waals surface area contributed by atoms with E-state index in [-0.39, 0.29) is 34.7 Å². The number of rotatable bonds is 1. The van der Waals surface area contributed by atoms with Gasteiger partial charge in [0.15, 0.2) is 6.10 Å². The van der Waals surface area contributed by atoms with Crippen LogP contribution in [0.3, 0.4) is 0 Å². The van der Waals surface area contributed by atoms with Crippen molar-refractivity contribution in [2.45, 2.75) is 46.1 Å². The summed E-state index contributed by atoms with van der Waals surface area (Å²) in [5.74, 6) is 0.790. The van der Waals surface area contributed by atoms with E-state index in [2.05, 4.69) is 26.8 Å². The number of furan rings is 1. The molecule has 4 rings (SSSR count). The van der Waals surface area contributed by atoms with Gasteiger partial charge in [0, 0.05) is 5.92 Å². The Hall–Kier alpha value is -1.51. The Bertz CT molecular complexity index is 610. The minimum Gasteiger partial charge on any atom is -0.465 e. The minimum absolute atomic E-state index is 0.0516. The minimum atomic E-state index is -0.231. The first-order valence-electron chi connectivity index (χ1n) is 7.90. The average molecular weight is 286 g/mol. The first-order valence-corrected chi connectivity index (χ1v) is 7.90. The van der Waals surface area contributed by atoms with Gasteiger partial charge in [-0.25, -0.2) is 0 Å². The van der Waals surface area contributed by atoms with Crippen molar-refractivity contribution in [3.63, 3.8) is 0 Å². The Kier molecular flexibility index (Phi) is 2.52. The van der Waals surface area contributed by atoms with Gasteiger partial charge in [0.1, 0.15) is 5.76 Å². The highest BCUT2D eigenvalue weighted by Crippen LogP contribution is 2.65. The molecule has 2 aliphatic carbocycles. The maximum Gasteiger partial charge on any atom is 0.314 e. The zero-order valence-corrected chi connectivity index (χ0v) is 12.9. The van der Waals surface area contributed by atoms with Crippen molar-refractivity contribution in [2.24, 2.45) is 22.7 Å². The molecule has 1 aliphatic heterocycles. The van der Waals surface area contributed by atoms with E-state index in [1.54, 1.807) is 6.26 Å². The van der Waals surface area contributed by atoms with Crippen LogP contribution in [0.4, 0.5) is 0 Å². The molecule has 1 aromatic rings. The van der Waals surface area contributed by atoms with Crippen molar-refractivity contribution >= 4 is 5.97 Å². The van der Waals surface area contributed by atoms with E-state index in [1.807, 2.05) is 12.1 Å². The summed E-state index contributed by atoms with van der Waals surface area (Å²) < 4.78 is 11.2. The van der Waals surface area contributed by atoms with Crippen LogP contribution in [-0.2, 0) is 9.53 Å². The van der Waals surface area contributed by atoms with Crippen molar-refractivity contribution in [2.75, 3.05) is 0 Å². The Morgan fingerprint density at radius 3 is 2.76 bits per heavy atom. The average Bonchev–Trinajstić information content (AvgIpc) is 3.07. The van der Waals surface area contributed by atoms with Crippen LogP contribution in [0.25, 0.3) is 0 Å². The molecule has 1 saturated heterocycles. The molecule has 3 heteroatoms. The van der Waals surface area contributed by atoms with E-state index in [1.165, 1.54) is 18.4 Å². The maximum absolute atomic E-state index is 12.3. The summed E-state index contributed by atoms with van der Waals surface area (Å²) in [6, 6.07) is 3.79. The second-order valence-electron chi connectivity index (χ2n) is 7.66. The van der Waals surface area contributed by atoms with Crippen LogP contribution in [0, 0.1) is 22.7 Å². The molecule has 3 nitrogen and oxygen atoms in total. The number of cyclic esters (lactones) is 1. The molecule has 3 aliphatic rings. The number of allylic oxidation sites excluding steroid dienone is 1. The summed E-state index contributed by atoms with van der Waals surface area (Å²) in [5, 5.41) is 0. The number of carbonyl (C=O) groups is 1. The van der Waals surface area contributed by atoms with Crippen molar-refractivity contribution in [1.82, 2.24) is 0 Å². The lowest BCUT2D eigenvalue weighted by atomic mass is 9.57. The highest BCUT2D eigenvalue weighted by atomic mass is 16.6. The van der Waals surface area contributed by atoms with E-state index in [0.717, 1.165) is 12.2 Å². The topological polar surface area (TPSA) is 39.4 Å². The van der Waals surface area contributed by atoms with E-state index < -0.39 is 0 Å². The lowest BCUT2D eigenvalue weighted by molar-refractivity contribution is -0.144. The maximum atomic E-state index is 12.3. The van der Waals surface area contributed by atoms with Crippen molar-refractivity contribution in [1.29, 1.82) is 0 Å². The molecule has 2 fully saturated rings. The largest absolute Gasteiger partial charge is 0.465 e. The second kappa shape index (κ2) is 4.02. The molecule has 1 aromatic heterocycles. The third kappa shape index (κ3) is 1.63. The SMILES string of the molecule is CC1(C)CCC[C@@]2(C)C1=C[C@H]1C(=O)O[C@H](c3ccco3)[C@H]12. The molecule has 1 saturated carbocycles. The number of ether oxygens (including phenoxy) is 1. The summed E-state index contributed by atoms with van der Waals surface area (Å²) in [5.41, 5.74) is 1.70. The lowest BCUT2D eigenvalue weighted by Gasteiger charge is -2.46. The lowest BCUT2D eigenvalue weighted by Crippen LogP contribution is -2.38. The van der Waals surface area contributed by atoms with Gasteiger partial charge in [-0.2, -0.15) is 0 Å². The van der Waals surface area contributed by atoms with Crippen LogP contribution in [0.2, 0.25) is 0 Å². The summed E-state index contributed by atoms with van der Waals surface area (Å²) >= 11 is 0.